The van der Waals surface area contributed by atoms with Crippen LogP contribution in [0.2, 0.25) is 5.02 Å². The molecule has 0 aliphatic heterocycles. The number of ether oxygens (including phenoxy) is 1. The molecule has 0 aliphatic carbocycles. The van der Waals surface area contributed by atoms with E-state index in [9.17, 15) is 18.0 Å². The number of anilines is 1. The molecular weight excluding hydrogens is 622 g/mol. The van der Waals surface area contributed by atoms with Crippen LogP contribution >= 0.6 is 11.6 Å². The number of rotatable bonds is 15. The molecule has 0 bridgehead atoms. The minimum atomic E-state index is -4.25. The molecule has 8 nitrogen and oxygen atoms in total. The molecule has 10 heteroatoms. The average molecular weight is 662 g/mol. The number of halogens is 1. The van der Waals surface area contributed by atoms with E-state index in [1.54, 1.807) is 67.6 Å². The predicted octanol–water partition coefficient (Wildman–Crippen LogP) is 6.35. The van der Waals surface area contributed by atoms with Gasteiger partial charge in [0.2, 0.25) is 11.8 Å². The monoisotopic (exact) mass is 661 g/mol. The van der Waals surface area contributed by atoms with Crippen LogP contribution in [0.1, 0.15) is 31.9 Å². The summed E-state index contributed by atoms with van der Waals surface area (Å²) in [5.41, 5.74) is 1.77. The summed E-state index contributed by atoms with van der Waals surface area (Å²) in [4.78, 5) is 30.0. The van der Waals surface area contributed by atoms with Crippen LogP contribution in [0.5, 0.6) is 5.75 Å². The summed E-state index contributed by atoms with van der Waals surface area (Å²) >= 11 is 6.32. The number of sulfonamides is 1. The molecule has 0 saturated heterocycles. The van der Waals surface area contributed by atoms with Gasteiger partial charge in [0.15, 0.2) is 0 Å². The molecule has 0 heterocycles. The van der Waals surface area contributed by atoms with Gasteiger partial charge in [-0.05, 0) is 60.4 Å². The van der Waals surface area contributed by atoms with Crippen molar-refractivity contribution in [3.63, 3.8) is 0 Å². The Morgan fingerprint density at radius 1 is 0.848 bits per heavy atom. The van der Waals surface area contributed by atoms with Gasteiger partial charge in [0.05, 0.1) is 17.2 Å². The molecule has 242 valence electrons. The molecular formula is C36H40ClN3O5S. The molecule has 0 radical (unpaired) electrons. The number of hydrogen-bond donors (Lipinski definition) is 1. The van der Waals surface area contributed by atoms with E-state index in [1.807, 2.05) is 50.2 Å². The van der Waals surface area contributed by atoms with Crippen molar-refractivity contribution < 1.29 is 22.7 Å². The molecule has 1 atom stereocenters. The SMILES string of the molecule is CCOc1ccccc1N(CC(=O)N(Cc1cccc(Cl)c1)C(Cc1ccccc1)C(=O)NCC(C)C)S(=O)(=O)c1ccccc1. The maximum atomic E-state index is 14.6. The fourth-order valence-electron chi connectivity index (χ4n) is 4.98. The van der Waals surface area contributed by atoms with Crippen LogP contribution < -0.4 is 14.4 Å². The quantitative estimate of drug-likeness (QED) is 0.160. The van der Waals surface area contributed by atoms with E-state index in [1.165, 1.54) is 17.0 Å². The first-order chi connectivity index (χ1) is 22.1. The van der Waals surface area contributed by atoms with Crippen molar-refractivity contribution in [1.29, 1.82) is 0 Å². The Morgan fingerprint density at radius 3 is 2.13 bits per heavy atom. The molecule has 0 spiro atoms. The zero-order valence-corrected chi connectivity index (χ0v) is 27.9. The van der Waals surface area contributed by atoms with Crippen LogP contribution in [-0.4, -0.2) is 50.9 Å². The molecule has 1 unspecified atom stereocenters. The van der Waals surface area contributed by atoms with Crippen molar-refractivity contribution in [2.75, 3.05) is 24.0 Å². The zero-order valence-electron chi connectivity index (χ0n) is 26.3. The Bertz CT molecular complexity index is 1700. The van der Waals surface area contributed by atoms with Gasteiger partial charge in [-0.25, -0.2) is 8.42 Å². The fraction of sp³-hybridized carbons (Fsp3) is 0.278. The number of carbonyl (C=O) groups excluding carboxylic acids is 2. The number of nitrogens with zero attached hydrogens (tertiary/aromatic N) is 2. The third kappa shape index (κ3) is 9.11. The van der Waals surface area contributed by atoms with Gasteiger partial charge in [0.25, 0.3) is 10.0 Å². The molecule has 0 aliphatic rings. The Balaban J connectivity index is 1.83. The van der Waals surface area contributed by atoms with Crippen molar-refractivity contribution in [2.24, 2.45) is 5.92 Å². The second kappa shape index (κ2) is 16.3. The zero-order chi connectivity index (χ0) is 33.1. The number of hydrogen-bond acceptors (Lipinski definition) is 5. The molecule has 0 saturated carbocycles. The van der Waals surface area contributed by atoms with E-state index >= 15 is 0 Å². The van der Waals surface area contributed by atoms with Crippen LogP contribution in [0, 0.1) is 5.92 Å². The fourth-order valence-corrected chi connectivity index (χ4v) is 6.64. The van der Waals surface area contributed by atoms with Gasteiger partial charge in [0.1, 0.15) is 18.3 Å². The summed E-state index contributed by atoms with van der Waals surface area (Å²) in [6.45, 7) is 5.93. The number of amides is 2. The number of benzene rings is 4. The smallest absolute Gasteiger partial charge is 0.264 e. The van der Waals surface area contributed by atoms with Crippen LogP contribution in [-0.2, 0) is 32.6 Å². The van der Waals surface area contributed by atoms with Crippen LogP contribution in [0.15, 0.2) is 114 Å². The predicted molar refractivity (Wildman–Crippen MR) is 182 cm³/mol. The first-order valence-corrected chi connectivity index (χ1v) is 17.1. The lowest BCUT2D eigenvalue weighted by Gasteiger charge is -2.34. The minimum absolute atomic E-state index is 0.0194. The van der Waals surface area contributed by atoms with Crippen LogP contribution in [0.4, 0.5) is 5.69 Å². The average Bonchev–Trinajstić information content (AvgIpc) is 3.05. The van der Waals surface area contributed by atoms with Crippen molar-refractivity contribution >= 4 is 39.1 Å². The molecule has 0 fully saturated rings. The van der Waals surface area contributed by atoms with E-state index in [2.05, 4.69) is 5.32 Å². The summed E-state index contributed by atoms with van der Waals surface area (Å²) < 4.78 is 35.3. The topological polar surface area (TPSA) is 96.0 Å². The Labute approximate surface area is 277 Å². The van der Waals surface area contributed by atoms with E-state index in [-0.39, 0.29) is 35.4 Å². The molecule has 2 amide bonds. The third-order valence-electron chi connectivity index (χ3n) is 7.24. The van der Waals surface area contributed by atoms with Crippen molar-refractivity contribution in [3.05, 3.63) is 125 Å². The van der Waals surface area contributed by atoms with Gasteiger partial charge in [-0.15, -0.1) is 0 Å². The second-order valence-electron chi connectivity index (χ2n) is 11.2. The highest BCUT2D eigenvalue weighted by atomic mass is 35.5. The normalized spacial score (nSPS) is 11.9. The molecule has 4 rings (SSSR count). The Kier molecular flexibility index (Phi) is 12.2. The first kappa shape index (κ1) is 34.5. The maximum absolute atomic E-state index is 14.6. The van der Waals surface area contributed by atoms with Crippen molar-refractivity contribution in [3.8, 4) is 5.75 Å². The van der Waals surface area contributed by atoms with Crippen molar-refractivity contribution in [2.45, 2.75) is 44.7 Å². The Hall–Kier alpha value is -4.34. The summed E-state index contributed by atoms with van der Waals surface area (Å²) in [6.07, 6.45) is 0.220. The Morgan fingerprint density at radius 2 is 1.48 bits per heavy atom. The van der Waals surface area contributed by atoms with Gasteiger partial charge in [-0.1, -0.05) is 98.2 Å². The number of nitrogens with one attached hydrogen (secondary N) is 1. The molecule has 1 N–H and O–H groups in total. The van der Waals surface area contributed by atoms with Gasteiger partial charge in [-0.2, -0.15) is 0 Å². The van der Waals surface area contributed by atoms with Gasteiger partial charge < -0.3 is 15.0 Å². The number of carbonyl (C=O) groups is 2. The largest absolute Gasteiger partial charge is 0.492 e. The molecule has 46 heavy (non-hydrogen) atoms. The van der Waals surface area contributed by atoms with E-state index in [0.29, 0.717) is 29.5 Å². The molecule has 4 aromatic carbocycles. The van der Waals surface area contributed by atoms with Gasteiger partial charge in [-0.3, -0.25) is 13.9 Å². The lowest BCUT2D eigenvalue weighted by atomic mass is 10.0. The molecule has 4 aromatic rings. The van der Waals surface area contributed by atoms with E-state index < -0.39 is 28.5 Å². The van der Waals surface area contributed by atoms with Crippen LogP contribution in [0.25, 0.3) is 0 Å². The van der Waals surface area contributed by atoms with Crippen molar-refractivity contribution in [1.82, 2.24) is 10.2 Å². The summed E-state index contributed by atoms with van der Waals surface area (Å²) in [6, 6.07) is 30.2. The van der Waals surface area contributed by atoms with Crippen LogP contribution in [0.3, 0.4) is 0 Å². The van der Waals surface area contributed by atoms with E-state index in [0.717, 1.165) is 9.87 Å². The summed E-state index contributed by atoms with van der Waals surface area (Å²) in [5.74, 6) is -0.402. The molecule has 0 aromatic heterocycles. The standard InChI is InChI=1S/C36H40ClN3O5S/c1-4-45-34-21-12-11-20-32(34)40(46(43,44)31-18-9-6-10-19-31)26-35(41)39(25-29-16-13-17-30(37)22-29)33(36(42)38-24-27(2)3)23-28-14-7-5-8-15-28/h5-22,27,33H,4,23-26H2,1-3H3,(H,38,42). The summed E-state index contributed by atoms with van der Waals surface area (Å²) in [5, 5.41) is 3.47. The van der Waals surface area contributed by atoms with E-state index in [4.69, 9.17) is 16.3 Å². The lowest BCUT2D eigenvalue weighted by Crippen LogP contribution is -2.53. The second-order valence-corrected chi connectivity index (χ2v) is 13.5. The van der Waals surface area contributed by atoms with Gasteiger partial charge in [0, 0.05) is 24.5 Å². The van der Waals surface area contributed by atoms with Gasteiger partial charge >= 0.3 is 0 Å². The maximum Gasteiger partial charge on any atom is 0.264 e. The third-order valence-corrected chi connectivity index (χ3v) is 9.25. The lowest BCUT2D eigenvalue weighted by molar-refractivity contribution is -0.140. The highest BCUT2D eigenvalue weighted by molar-refractivity contribution is 7.92. The number of para-hydroxylation sites is 2. The summed E-state index contributed by atoms with van der Waals surface area (Å²) in [7, 11) is -4.25. The highest BCUT2D eigenvalue weighted by Crippen LogP contribution is 2.33. The first-order valence-electron chi connectivity index (χ1n) is 15.2. The minimum Gasteiger partial charge on any atom is -0.492 e. The highest BCUT2D eigenvalue weighted by Gasteiger charge is 2.35.